The van der Waals surface area contributed by atoms with E-state index < -0.39 is 0 Å². The lowest BCUT2D eigenvalue weighted by molar-refractivity contribution is 0.978. The first-order chi connectivity index (χ1) is 9.06. The maximum atomic E-state index is 6.12. The molecule has 1 aliphatic rings. The Kier molecular flexibility index (Phi) is 3.37. The van der Waals surface area contributed by atoms with Crippen molar-refractivity contribution in [1.29, 1.82) is 0 Å². The molecule has 0 aliphatic heterocycles. The molecule has 0 atom stereocenters. The van der Waals surface area contributed by atoms with Crippen molar-refractivity contribution >= 4 is 44.9 Å². The molecule has 0 unspecified atom stereocenters. The van der Waals surface area contributed by atoms with Crippen LogP contribution in [0.3, 0.4) is 0 Å². The van der Waals surface area contributed by atoms with E-state index in [1.807, 2.05) is 0 Å². The molecule has 98 valence electrons. The zero-order valence-corrected chi connectivity index (χ0v) is 12.8. The minimum absolute atomic E-state index is 0.403. The Labute approximate surface area is 128 Å². The van der Waals surface area contributed by atoms with Crippen molar-refractivity contribution in [3.63, 3.8) is 0 Å². The minimum Gasteiger partial charge on any atom is -0.383 e. The van der Waals surface area contributed by atoms with Gasteiger partial charge in [0.15, 0.2) is 5.82 Å². The highest BCUT2D eigenvalue weighted by Crippen LogP contribution is 2.44. The Morgan fingerprint density at radius 2 is 2.00 bits per heavy atom. The summed E-state index contributed by atoms with van der Waals surface area (Å²) in [5.41, 5.74) is 7.33. The minimum atomic E-state index is 0.403. The second-order valence-corrected chi connectivity index (χ2v) is 6.03. The summed E-state index contributed by atoms with van der Waals surface area (Å²) < 4.78 is 0.767. The summed E-state index contributed by atoms with van der Waals surface area (Å²) in [6.45, 7) is 0. The molecule has 0 spiro atoms. The van der Waals surface area contributed by atoms with Crippen molar-refractivity contribution in [3.8, 4) is 11.5 Å². The van der Waals surface area contributed by atoms with E-state index in [1.165, 1.54) is 6.20 Å². The maximum Gasteiger partial charge on any atom is 0.182 e. The summed E-state index contributed by atoms with van der Waals surface area (Å²) in [7, 11) is 0. The van der Waals surface area contributed by atoms with Crippen molar-refractivity contribution in [3.05, 3.63) is 32.5 Å². The lowest BCUT2D eigenvalue weighted by atomic mass is 10.2. The monoisotopic (exact) mass is 358 g/mol. The van der Waals surface area contributed by atoms with Gasteiger partial charge >= 0.3 is 0 Å². The summed E-state index contributed by atoms with van der Waals surface area (Å²) >= 11 is 15.4. The SMILES string of the molecule is Nc1nc(-c2ncc(Cl)cc2Cl)nc(C2CC2)c1Br. The molecule has 1 aliphatic carbocycles. The lowest BCUT2D eigenvalue weighted by Gasteiger charge is -2.08. The van der Waals surface area contributed by atoms with Crippen LogP contribution >= 0.6 is 39.1 Å². The Morgan fingerprint density at radius 1 is 1.26 bits per heavy atom. The fourth-order valence-corrected chi connectivity index (χ4v) is 2.76. The van der Waals surface area contributed by atoms with Crippen LogP contribution in [-0.2, 0) is 0 Å². The molecular weight excluding hydrogens is 351 g/mol. The molecule has 1 fully saturated rings. The van der Waals surface area contributed by atoms with E-state index in [-0.39, 0.29) is 0 Å². The molecule has 2 aromatic rings. The number of halogens is 3. The summed E-state index contributed by atoms with van der Waals surface area (Å²) in [6, 6.07) is 1.61. The van der Waals surface area contributed by atoms with Gasteiger partial charge in [0.05, 0.1) is 20.2 Å². The number of hydrogen-bond donors (Lipinski definition) is 1. The maximum absolute atomic E-state index is 6.12. The van der Waals surface area contributed by atoms with Gasteiger partial charge in [-0.2, -0.15) is 0 Å². The first kappa shape index (κ1) is 13.1. The lowest BCUT2D eigenvalue weighted by Crippen LogP contribution is -2.03. The van der Waals surface area contributed by atoms with Gasteiger partial charge in [0.1, 0.15) is 11.5 Å². The van der Waals surface area contributed by atoms with Crippen LogP contribution in [0.4, 0.5) is 5.82 Å². The number of pyridine rings is 1. The van der Waals surface area contributed by atoms with Crippen LogP contribution in [0.2, 0.25) is 10.0 Å². The average molecular weight is 360 g/mol. The molecule has 2 N–H and O–H groups in total. The number of nitrogens with zero attached hydrogens (tertiary/aromatic N) is 3. The standard InChI is InChI=1S/C12H9BrCl2N4/c13-8-9(5-1-2-5)18-12(19-11(8)16)10-7(15)3-6(14)4-17-10/h3-5H,1-2H2,(H2,16,18,19). The summed E-state index contributed by atoms with van der Waals surface area (Å²) in [5.74, 6) is 1.29. The molecule has 19 heavy (non-hydrogen) atoms. The largest absolute Gasteiger partial charge is 0.383 e. The highest BCUT2D eigenvalue weighted by Gasteiger charge is 2.29. The predicted molar refractivity (Wildman–Crippen MR) is 79.4 cm³/mol. The number of aromatic nitrogens is 3. The van der Waals surface area contributed by atoms with Gasteiger partial charge in [-0.3, -0.25) is 0 Å². The summed E-state index contributed by atoms with van der Waals surface area (Å²) in [4.78, 5) is 12.9. The molecule has 2 heterocycles. The van der Waals surface area contributed by atoms with Crippen LogP contribution in [0.5, 0.6) is 0 Å². The van der Waals surface area contributed by atoms with Crippen LogP contribution in [0.15, 0.2) is 16.7 Å². The molecule has 4 nitrogen and oxygen atoms in total. The molecule has 0 aromatic carbocycles. The fraction of sp³-hybridized carbons (Fsp3) is 0.250. The van der Waals surface area contributed by atoms with Gasteiger partial charge in [-0.15, -0.1) is 0 Å². The van der Waals surface area contributed by atoms with Gasteiger partial charge in [-0.25, -0.2) is 15.0 Å². The quantitative estimate of drug-likeness (QED) is 0.877. The molecule has 0 amide bonds. The van der Waals surface area contributed by atoms with Crippen LogP contribution in [0, 0.1) is 0 Å². The van der Waals surface area contributed by atoms with Gasteiger partial charge in [0.2, 0.25) is 0 Å². The van der Waals surface area contributed by atoms with E-state index in [1.54, 1.807) is 6.07 Å². The van der Waals surface area contributed by atoms with E-state index in [4.69, 9.17) is 28.9 Å². The molecular formula is C12H9BrCl2N4. The van der Waals surface area contributed by atoms with Gasteiger partial charge in [-0.05, 0) is 34.8 Å². The second kappa shape index (κ2) is 4.89. The van der Waals surface area contributed by atoms with E-state index in [9.17, 15) is 0 Å². The van der Waals surface area contributed by atoms with E-state index in [2.05, 4.69) is 30.9 Å². The number of hydrogen-bond acceptors (Lipinski definition) is 4. The number of nitrogens with two attached hydrogens (primary N) is 1. The Hall–Kier alpha value is -0.910. The predicted octanol–water partition coefficient (Wildman–Crippen LogP) is 4.07. The van der Waals surface area contributed by atoms with Gasteiger partial charge in [-0.1, -0.05) is 23.2 Å². The third-order valence-corrected chi connectivity index (χ3v) is 4.19. The number of rotatable bonds is 2. The normalized spacial score (nSPS) is 14.7. The Balaban J connectivity index is 2.14. The summed E-state index contributed by atoms with van der Waals surface area (Å²) in [5, 5.41) is 0.886. The zero-order valence-electron chi connectivity index (χ0n) is 9.70. The van der Waals surface area contributed by atoms with Crippen LogP contribution < -0.4 is 5.73 Å². The van der Waals surface area contributed by atoms with Crippen molar-refractivity contribution in [2.75, 3.05) is 5.73 Å². The number of anilines is 1. The van der Waals surface area contributed by atoms with Crippen LogP contribution in [-0.4, -0.2) is 15.0 Å². The first-order valence-electron chi connectivity index (χ1n) is 5.70. The van der Waals surface area contributed by atoms with E-state index in [0.29, 0.717) is 33.3 Å². The average Bonchev–Trinajstić information content (AvgIpc) is 3.17. The first-order valence-corrected chi connectivity index (χ1v) is 7.25. The third-order valence-electron chi connectivity index (χ3n) is 2.89. The Morgan fingerprint density at radius 3 is 2.63 bits per heavy atom. The molecule has 2 aromatic heterocycles. The molecule has 0 saturated heterocycles. The topological polar surface area (TPSA) is 64.7 Å². The van der Waals surface area contributed by atoms with Crippen molar-refractivity contribution in [2.45, 2.75) is 18.8 Å². The number of nitrogen functional groups attached to an aromatic ring is 1. The van der Waals surface area contributed by atoms with E-state index >= 15 is 0 Å². The molecule has 3 rings (SSSR count). The molecule has 7 heteroatoms. The van der Waals surface area contributed by atoms with Crippen molar-refractivity contribution < 1.29 is 0 Å². The molecule has 0 radical (unpaired) electrons. The smallest absolute Gasteiger partial charge is 0.182 e. The van der Waals surface area contributed by atoms with Crippen LogP contribution in [0.25, 0.3) is 11.5 Å². The second-order valence-electron chi connectivity index (χ2n) is 4.39. The third kappa shape index (κ3) is 2.55. The molecule has 1 saturated carbocycles. The fourth-order valence-electron chi connectivity index (χ4n) is 1.79. The van der Waals surface area contributed by atoms with Gasteiger partial charge in [0, 0.05) is 12.1 Å². The highest BCUT2D eigenvalue weighted by atomic mass is 79.9. The Bertz CT molecular complexity index is 658. The van der Waals surface area contributed by atoms with Gasteiger partial charge in [0.25, 0.3) is 0 Å². The van der Waals surface area contributed by atoms with Crippen molar-refractivity contribution in [1.82, 2.24) is 15.0 Å². The summed E-state index contributed by atoms with van der Waals surface area (Å²) in [6.07, 6.45) is 3.76. The van der Waals surface area contributed by atoms with Crippen molar-refractivity contribution in [2.24, 2.45) is 0 Å². The van der Waals surface area contributed by atoms with Gasteiger partial charge < -0.3 is 5.73 Å². The highest BCUT2D eigenvalue weighted by molar-refractivity contribution is 9.10. The van der Waals surface area contributed by atoms with E-state index in [0.717, 1.165) is 23.0 Å². The molecule has 0 bridgehead atoms. The zero-order chi connectivity index (χ0) is 13.6. The van der Waals surface area contributed by atoms with Crippen LogP contribution in [0.1, 0.15) is 24.5 Å².